The number of hydrogen-bond donors (Lipinski definition) is 2. The van der Waals surface area contributed by atoms with Gasteiger partial charge in [0.05, 0.1) is 18.2 Å². The van der Waals surface area contributed by atoms with Crippen LogP contribution in [0.3, 0.4) is 0 Å². The number of hydrogen-bond acceptors (Lipinski definition) is 7. The maximum atomic E-state index is 13.1. The highest BCUT2D eigenvalue weighted by molar-refractivity contribution is 5.99. The summed E-state index contributed by atoms with van der Waals surface area (Å²) in [5.41, 5.74) is 4.95. The maximum Gasteiger partial charge on any atom is 0.254 e. The minimum Gasteiger partial charge on any atom is -0.489 e. The summed E-state index contributed by atoms with van der Waals surface area (Å²) < 4.78 is 12.0. The molecule has 3 aromatic rings. The van der Waals surface area contributed by atoms with Crippen molar-refractivity contribution in [2.45, 2.75) is 63.6 Å². The summed E-state index contributed by atoms with van der Waals surface area (Å²) in [5.74, 6) is 1.23. The summed E-state index contributed by atoms with van der Waals surface area (Å²) in [7, 11) is 0. The van der Waals surface area contributed by atoms with Crippen LogP contribution in [-0.4, -0.2) is 76.4 Å². The highest BCUT2D eigenvalue weighted by atomic mass is 16.5. The number of aromatic nitrogens is 1. The van der Waals surface area contributed by atoms with Gasteiger partial charge in [0.2, 0.25) is 5.91 Å². The highest BCUT2D eigenvalue weighted by Gasteiger charge is 2.39. The number of benzene rings is 2. The van der Waals surface area contributed by atoms with Gasteiger partial charge in [0.25, 0.3) is 5.91 Å². The Balaban J connectivity index is 0.985. The second-order valence-corrected chi connectivity index (χ2v) is 12.0. The van der Waals surface area contributed by atoms with Crippen molar-refractivity contribution in [1.29, 1.82) is 0 Å². The number of fused-ring (bicyclic) bond motifs is 2. The zero-order valence-electron chi connectivity index (χ0n) is 23.3. The fourth-order valence-corrected chi connectivity index (χ4v) is 6.79. The number of likely N-dealkylation sites (tertiary alicyclic amines) is 1. The summed E-state index contributed by atoms with van der Waals surface area (Å²) in [5, 5.41) is 14.1. The third-order valence-electron chi connectivity index (χ3n) is 9.09. The Hall–Kier alpha value is -3.53. The number of carbonyl (C=O) groups is 2. The lowest BCUT2D eigenvalue weighted by Gasteiger charge is -2.35. The second-order valence-electron chi connectivity index (χ2n) is 12.0. The molecule has 41 heavy (non-hydrogen) atoms. The Kier molecular flexibility index (Phi) is 6.89. The van der Waals surface area contributed by atoms with Gasteiger partial charge in [0, 0.05) is 67.7 Å². The third kappa shape index (κ3) is 5.18. The van der Waals surface area contributed by atoms with Gasteiger partial charge in [0.1, 0.15) is 18.1 Å². The molecular weight excluding hydrogens is 520 g/mol. The van der Waals surface area contributed by atoms with E-state index in [-0.39, 0.29) is 17.9 Å². The molecule has 0 saturated carbocycles. The smallest absolute Gasteiger partial charge is 0.254 e. The lowest BCUT2D eigenvalue weighted by atomic mass is 10.0. The van der Waals surface area contributed by atoms with Gasteiger partial charge < -0.3 is 24.8 Å². The second kappa shape index (κ2) is 10.7. The first-order chi connectivity index (χ1) is 19.9. The summed E-state index contributed by atoms with van der Waals surface area (Å²) in [6, 6.07) is 16.1. The van der Waals surface area contributed by atoms with E-state index in [1.165, 1.54) is 5.56 Å². The predicted molar refractivity (Wildman–Crippen MR) is 152 cm³/mol. The van der Waals surface area contributed by atoms with Crippen LogP contribution >= 0.6 is 0 Å². The van der Waals surface area contributed by atoms with Crippen LogP contribution < -0.4 is 10.1 Å². The number of amides is 2. The van der Waals surface area contributed by atoms with E-state index in [1.54, 1.807) is 4.90 Å². The summed E-state index contributed by atoms with van der Waals surface area (Å²) in [6.45, 7) is 6.84. The standard InChI is InChI=1S/C32H36N4O5/c1-19-14-35(15-20-2-6-26-21(12-20)3-7-27(33-26)22-10-11-40-18-22)17-29(19)41-24-4-5-25-23(13-24)16-36(32(25)39)28-8-9-30(37)34-31(28)38/h2-7,12-13,19,22,28-29,31,38H,8-11,14-18H2,1H3,(H,34,37)/t19-,22-,28?,29-,31?/m1/s1. The maximum absolute atomic E-state index is 13.1. The first kappa shape index (κ1) is 26.4. The average Bonchev–Trinajstić information content (AvgIpc) is 3.69. The molecule has 0 radical (unpaired) electrons. The van der Waals surface area contributed by atoms with E-state index in [2.05, 4.69) is 47.5 Å². The quantitative estimate of drug-likeness (QED) is 0.481. The molecule has 2 aromatic carbocycles. The number of aliphatic hydroxyl groups excluding tert-OH is 1. The molecule has 5 heterocycles. The van der Waals surface area contributed by atoms with Gasteiger partial charge in [-0.25, -0.2) is 0 Å². The number of aliphatic hydroxyl groups is 1. The van der Waals surface area contributed by atoms with Gasteiger partial charge >= 0.3 is 0 Å². The van der Waals surface area contributed by atoms with Crippen molar-refractivity contribution in [3.63, 3.8) is 0 Å². The lowest BCUT2D eigenvalue weighted by molar-refractivity contribution is -0.129. The molecule has 0 bridgehead atoms. The van der Waals surface area contributed by atoms with E-state index >= 15 is 0 Å². The molecule has 9 nitrogen and oxygen atoms in total. The minimum atomic E-state index is -1.04. The van der Waals surface area contributed by atoms with Gasteiger partial charge in [-0.3, -0.25) is 19.5 Å². The van der Waals surface area contributed by atoms with Gasteiger partial charge in [-0.1, -0.05) is 19.1 Å². The molecule has 4 aliphatic rings. The van der Waals surface area contributed by atoms with Crippen molar-refractivity contribution in [1.82, 2.24) is 20.1 Å². The number of pyridine rings is 1. The lowest BCUT2D eigenvalue weighted by Crippen LogP contribution is -2.55. The van der Waals surface area contributed by atoms with Crippen LogP contribution in [0.4, 0.5) is 0 Å². The van der Waals surface area contributed by atoms with Crippen molar-refractivity contribution >= 4 is 22.7 Å². The van der Waals surface area contributed by atoms with Gasteiger partial charge in [-0.2, -0.15) is 0 Å². The van der Waals surface area contributed by atoms with E-state index in [0.29, 0.717) is 36.8 Å². The van der Waals surface area contributed by atoms with E-state index < -0.39 is 12.3 Å². The molecule has 2 amide bonds. The van der Waals surface area contributed by atoms with Crippen molar-refractivity contribution in [3.05, 3.63) is 70.9 Å². The average molecular weight is 557 g/mol. The molecule has 1 aromatic heterocycles. The van der Waals surface area contributed by atoms with Crippen molar-refractivity contribution in [2.75, 3.05) is 26.3 Å². The minimum absolute atomic E-state index is 0.0509. The third-order valence-corrected chi connectivity index (χ3v) is 9.09. The van der Waals surface area contributed by atoms with Gasteiger partial charge in [-0.15, -0.1) is 0 Å². The molecule has 5 atom stereocenters. The Morgan fingerprint density at radius 1 is 1.10 bits per heavy atom. The molecule has 4 aliphatic heterocycles. The normalized spacial score (nSPS) is 28.3. The fraction of sp³-hybridized carbons (Fsp3) is 0.469. The van der Waals surface area contributed by atoms with Crippen LogP contribution in [-0.2, 0) is 22.6 Å². The monoisotopic (exact) mass is 556 g/mol. The summed E-state index contributed by atoms with van der Waals surface area (Å²) >= 11 is 0. The molecule has 3 fully saturated rings. The van der Waals surface area contributed by atoms with Crippen molar-refractivity contribution in [2.24, 2.45) is 5.92 Å². The van der Waals surface area contributed by atoms with Crippen LogP contribution in [0.25, 0.3) is 10.9 Å². The zero-order valence-corrected chi connectivity index (χ0v) is 23.3. The number of nitrogens with one attached hydrogen (secondary N) is 1. The van der Waals surface area contributed by atoms with Crippen LogP contribution in [0.15, 0.2) is 48.5 Å². The zero-order chi connectivity index (χ0) is 28.1. The van der Waals surface area contributed by atoms with Crippen molar-refractivity contribution < 1.29 is 24.2 Å². The molecule has 0 spiro atoms. The first-order valence-corrected chi connectivity index (χ1v) is 14.7. The molecule has 9 heteroatoms. The Morgan fingerprint density at radius 2 is 2.00 bits per heavy atom. The topological polar surface area (TPSA) is 104 Å². The van der Waals surface area contributed by atoms with Crippen LogP contribution in [0.1, 0.15) is 59.3 Å². The number of piperidine rings is 1. The predicted octanol–water partition coefficient (Wildman–Crippen LogP) is 3.19. The van der Waals surface area contributed by atoms with E-state index in [9.17, 15) is 14.7 Å². The molecule has 7 rings (SSSR count). The number of ether oxygens (including phenoxy) is 2. The van der Waals surface area contributed by atoms with Crippen LogP contribution in [0, 0.1) is 5.92 Å². The van der Waals surface area contributed by atoms with Gasteiger partial charge in [-0.05, 0) is 60.4 Å². The molecular formula is C32H36N4O5. The number of rotatable bonds is 6. The van der Waals surface area contributed by atoms with E-state index in [1.807, 2.05) is 18.2 Å². The summed E-state index contributed by atoms with van der Waals surface area (Å²) in [4.78, 5) is 33.7. The van der Waals surface area contributed by atoms with E-state index in [4.69, 9.17) is 14.5 Å². The Morgan fingerprint density at radius 3 is 2.83 bits per heavy atom. The molecule has 3 saturated heterocycles. The van der Waals surface area contributed by atoms with Crippen LogP contribution in [0.2, 0.25) is 0 Å². The van der Waals surface area contributed by atoms with Crippen molar-refractivity contribution in [3.8, 4) is 5.75 Å². The molecule has 214 valence electrons. The number of carbonyl (C=O) groups excluding carboxylic acids is 2. The molecule has 2 N–H and O–H groups in total. The van der Waals surface area contributed by atoms with E-state index in [0.717, 1.165) is 67.2 Å². The summed E-state index contributed by atoms with van der Waals surface area (Å²) in [6.07, 6.45) is 0.810. The highest BCUT2D eigenvalue weighted by Crippen LogP contribution is 2.33. The fourth-order valence-electron chi connectivity index (χ4n) is 6.79. The Labute approximate surface area is 239 Å². The SMILES string of the molecule is C[C@@H]1CN(Cc2ccc3nc([C@@H]4CCOC4)ccc3c2)C[C@H]1Oc1ccc2c(c1)CN(C1CCC(=O)NC1O)C2=O. The van der Waals surface area contributed by atoms with Gasteiger partial charge in [0.15, 0.2) is 0 Å². The molecule has 0 aliphatic carbocycles. The largest absolute Gasteiger partial charge is 0.489 e. The van der Waals surface area contributed by atoms with Crippen LogP contribution in [0.5, 0.6) is 5.75 Å². The number of nitrogens with zero attached hydrogens (tertiary/aromatic N) is 3. The first-order valence-electron chi connectivity index (χ1n) is 14.7. The molecule has 2 unspecified atom stereocenters. The Bertz CT molecular complexity index is 1490.